The molecule has 0 amide bonds. The molecule has 1 unspecified atom stereocenters. The van der Waals surface area contributed by atoms with Crippen molar-refractivity contribution in [3.05, 3.63) is 29.3 Å². The minimum absolute atomic E-state index is 0.318. The van der Waals surface area contributed by atoms with Crippen LogP contribution in [0, 0.1) is 13.8 Å². The van der Waals surface area contributed by atoms with Crippen LogP contribution in [0.4, 0.5) is 0 Å². The average Bonchev–Trinajstić information content (AvgIpc) is 2.40. The molecule has 1 saturated carbocycles. The van der Waals surface area contributed by atoms with Crippen LogP contribution in [0.1, 0.15) is 30.9 Å². The Balaban J connectivity index is 1.63. The molecule has 0 aliphatic heterocycles. The van der Waals surface area contributed by atoms with Crippen LogP contribution in [0.5, 0.6) is 5.75 Å². The summed E-state index contributed by atoms with van der Waals surface area (Å²) in [6, 6.07) is 6.54. The Morgan fingerprint density at radius 3 is 2.76 bits per heavy atom. The van der Waals surface area contributed by atoms with Crippen molar-refractivity contribution in [2.24, 2.45) is 0 Å². The van der Waals surface area contributed by atoms with Crippen molar-refractivity contribution in [1.82, 2.24) is 5.32 Å². The first kappa shape index (κ1) is 16.3. The van der Waals surface area contributed by atoms with Gasteiger partial charge in [0.25, 0.3) is 0 Å². The maximum absolute atomic E-state index is 9.97. The molecule has 0 bridgehead atoms. The molecule has 4 nitrogen and oxygen atoms in total. The summed E-state index contributed by atoms with van der Waals surface area (Å²) in [6.45, 7) is 7.77. The molecule has 1 aromatic rings. The maximum Gasteiger partial charge on any atom is 0.122 e. The van der Waals surface area contributed by atoms with Gasteiger partial charge in [-0.3, -0.25) is 0 Å². The molecule has 0 heterocycles. The monoisotopic (exact) mass is 293 g/mol. The van der Waals surface area contributed by atoms with Gasteiger partial charge in [-0.15, -0.1) is 0 Å². The molecule has 0 radical (unpaired) electrons. The standard InChI is InChI=1S/C17H27NO3/c1-4-20-16-8-14(9-16)18-10-15(19)11-21-17-6-5-12(2)7-13(17)3/h5-7,14-16,18-19H,4,8-11H2,1-3H3. The molecule has 1 aliphatic rings. The van der Waals surface area contributed by atoms with Crippen LogP contribution in [0.25, 0.3) is 0 Å². The van der Waals surface area contributed by atoms with Crippen LogP contribution in [-0.2, 0) is 4.74 Å². The molecule has 1 atom stereocenters. The summed E-state index contributed by atoms with van der Waals surface area (Å²) in [5.41, 5.74) is 2.32. The van der Waals surface area contributed by atoms with E-state index >= 15 is 0 Å². The van der Waals surface area contributed by atoms with Crippen molar-refractivity contribution in [2.75, 3.05) is 19.8 Å². The fraction of sp³-hybridized carbons (Fsp3) is 0.647. The fourth-order valence-electron chi connectivity index (χ4n) is 2.61. The first-order valence-corrected chi connectivity index (χ1v) is 7.81. The minimum Gasteiger partial charge on any atom is -0.491 e. The number of benzene rings is 1. The molecule has 1 aliphatic carbocycles. The highest BCUT2D eigenvalue weighted by molar-refractivity contribution is 5.35. The van der Waals surface area contributed by atoms with Gasteiger partial charge < -0.3 is 19.9 Å². The predicted molar refractivity (Wildman–Crippen MR) is 83.9 cm³/mol. The van der Waals surface area contributed by atoms with Crippen molar-refractivity contribution in [1.29, 1.82) is 0 Å². The number of ether oxygens (including phenoxy) is 2. The van der Waals surface area contributed by atoms with E-state index in [0.717, 1.165) is 30.8 Å². The van der Waals surface area contributed by atoms with E-state index in [0.29, 0.717) is 25.3 Å². The number of aliphatic hydroxyl groups is 1. The summed E-state index contributed by atoms with van der Waals surface area (Å²) >= 11 is 0. The topological polar surface area (TPSA) is 50.7 Å². The van der Waals surface area contributed by atoms with Gasteiger partial charge in [0.15, 0.2) is 0 Å². The quantitative estimate of drug-likeness (QED) is 0.771. The third-order valence-electron chi connectivity index (χ3n) is 3.90. The zero-order chi connectivity index (χ0) is 15.2. The van der Waals surface area contributed by atoms with Gasteiger partial charge in [-0.05, 0) is 45.2 Å². The SMILES string of the molecule is CCOC1CC(NCC(O)COc2ccc(C)cc2C)C1. The molecule has 4 heteroatoms. The highest BCUT2D eigenvalue weighted by Crippen LogP contribution is 2.23. The van der Waals surface area contributed by atoms with Gasteiger partial charge in [0, 0.05) is 19.2 Å². The smallest absolute Gasteiger partial charge is 0.122 e. The van der Waals surface area contributed by atoms with E-state index < -0.39 is 6.10 Å². The molecular formula is C17H27NO3. The number of aryl methyl sites for hydroxylation is 2. The van der Waals surface area contributed by atoms with E-state index in [1.807, 2.05) is 26.0 Å². The summed E-state index contributed by atoms with van der Waals surface area (Å²) in [4.78, 5) is 0. The highest BCUT2D eigenvalue weighted by Gasteiger charge is 2.29. The van der Waals surface area contributed by atoms with Gasteiger partial charge >= 0.3 is 0 Å². The average molecular weight is 293 g/mol. The number of aliphatic hydroxyl groups excluding tert-OH is 1. The van der Waals surface area contributed by atoms with Crippen molar-refractivity contribution in [3.8, 4) is 5.75 Å². The van der Waals surface area contributed by atoms with Gasteiger partial charge in [-0.2, -0.15) is 0 Å². The lowest BCUT2D eigenvalue weighted by Crippen LogP contribution is -2.48. The zero-order valence-electron chi connectivity index (χ0n) is 13.3. The summed E-state index contributed by atoms with van der Waals surface area (Å²) in [5.74, 6) is 0.847. The minimum atomic E-state index is -0.489. The molecule has 0 spiro atoms. The van der Waals surface area contributed by atoms with Crippen LogP contribution in [0.15, 0.2) is 18.2 Å². The normalized spacial score (nSPS) is 22.7. The Hall–Kier alpha value is -1.10. The van der Waals surface area contributed by atoms with Crippen molar-refractivity contribution < 1.29 is 14.6 Å². The van der Waals surface area contributed by atoms with Gasteiger partial charge in [-0.1, -0.05) is 17.7 Å². The van der Waals surface area contributed by atoms with Crippen LogP contribution in [0.3, 0.4) is 0 Å². The summed E-state index contributed by atoms with van der Waals surface area (Å²) in [6.07, 6.45) is 1.99. The molecule has 21 heavy (non-hydrogen) atoms. The molecule has 1 aromatic carbocycles. The number of rotatable bonds is 8. The molecule has 2 N–H and O–H groups in total. The predicted octanol–water partition coefficient (Wildman–Crippen LogP) is 2.20. The Morgan fingerprint density at radius 1 is 1.33 bits per heavy atom. The fourth-order valence-corrected chi connectivity index (χ4v) is 2.61. The van der Waals surface area contributed by atoms with E-state index in [-0.39, 0.29) is 0 Å². The molecule has 1 fully saturated rings. The first-order chi connectivity index (χ1) is 10.1. The second-order valence-corrected chi connectivity index (χ2v) is 5.89. The van der Waals surface area contributed by atoms with E-state index in [4.69, 9.17) is 9.47 Å². The lowest BCUT2D eigenvalue weighted by Gasteiger charge is -2.36. The third-order valence-corrected chi connectivity index (χ3v) is 3.90. The van der Waals surface area contributed by atoms with Crippen LogP contribution >= 0.6 is 0 Å². The summed E-state index contributed by atoms with van der Waals surface area (Å²) in [5, 5.41) is 13.3. The van der Waals surface area contributed by atoms with Crippen LogP contribution in [-0.4, -0.2) is 43.1 Å². The van der Waals surface area contributed by atoms with Crippen molar-refractivity contribution in [2.45, 2.75) is 51.9 Å². The van der Waals surface area contributed by atoms with E-state index in [1.54, 1.807) is 0 Å². The van der Waals surface area contributed by atoms with E-state index in [2.05, 4.69) is 18.3 Å². The summed E-state index contributed by atoms with van der Waals surface area (Å²) < 4.78 is 11.2. The molecule has 0 aromatic heterocycles. The Labute approximate surface area is 127 Å². The zero-order valence-corrected chi connectivity index (χ0v) is 13.3. The van der Waals surface area contributed by atoms with Gasteiger partial charge in [0.1, 0.15) is 18.5 Å². The number of nitrogens with one attached hydrogen (secondary N) is 1. The Kier molecular flexibility index (Phi) is 6.03. The first-order valence-electron chi connectivity index (χ1n) is 7.81. The molecular weight excluding hydrogens is 266 g/mol. The van der Waals surface area contributed by atoms with Gasteiger partial charge in [0.2, 0.25) is 0 Å². The Bertz CT molecular complexity index is 444. The summed E-state index contributed by atoms with van der Waals surface area (Å²) in [7, 11) is 0. The third kappa shape index (κ3) is 4.99. The number of hydrogen-bond acceptors (Lipinski definition) is 4. The Morgan fingerprint density at radius 2 is 2.10 bits per heavy atom. The number of hydrogen-bond donors (Lipinski definition) is 2. The molecule has 0 saturated heterocycles. The molecule has 118 valence electrons. The van der Waals surface area contributed by atoms with E-state index in [1.165, 1.54) is 5.56 Å². The van der Waals surface area contributed by atoms with Crippen LogP contribution in [0.2, 0.25) is 0 Å². The van der Waals surface area contributed by atoms with E-state index in [9.17, 15) is 5.11 Å². The lowest BCUT2D eigenvalue weighted by molar-refractivity contribution is -0.0134. The van der Waals surface area contributed by atoms with Crippen molar-refractivity contribution in [3.63, 3.8) is 0 Å². The largest absolute Gasteiger partial charge is 0.491 e. The second kappa shape index (κ2) is 7.78. The second-order valence-electron chi connectivity index (χ2n) is 5.89. The highest BCUT2D eigenvalue weighted by atomic mass is 16.5. The maximum atomic E-state index is 9.97. The van der Waals surface area contributed by atoms with Crippen molar-refractivity contribution >= 4 is 0 Å². The van der Waals surface area contributed by atoms with Gasteiger partial charge in [0.05, 0.1) is 6.10 Å². The van der Waals surface area contributed by atoms with Gasteiger partial charge in [-0.25, -0.2) is 0 Å². The van der Waals surface area contributed by atoms with Crippen LogP contribution < -0.4 is 10.1 Å². The molecule has 2 rings (SSSR count). The lowest BCUT2D eigenvalue weighted by atomic mass is 9.89.